The number of allylic oxidation sites excluding steroid dienone is 2. The number of rotatable bonds is 21. The number of anilines is 2. The molecule has 7 atom stereocenters. The number of fused-ring (bicyclic) bond motifs is 4. The van der Waals surface area contributed by atoms with Gasteiger partial charge in [0.15, 0.2) is 28.9 Å². The van der Waals surface area contributed by atoms with E-state index < -0.39 is 82.8 Å². The van der Waals surface area contributed by atoms with Gasteiger partial charge in [-0.15, -0.1) is 0 Å². The lowest BCUT2D eigenvalue weighted by Crippen LogP contribution is -2.54. The highest BCUT2D eigenvalue weighted by atomic mass is 16.7. The molecule has 11 N–H and O–H groups in total. The first kappa shape index (κ1) is 55.4. The van der Waals surface area contributed by atoms with Crippen LogP contribution in [0.3, 0.4) is 0 Å². The smallest absolute Gasteiger partial charge is 0.407 e. The van der Waals surface area contributed by atoms with Gasteiger partial charge in [-0.3, -0.25) is 38.5 Å². The van der Waals surface area contributed by atoms with Gasteiger partial charge >= 0.3 is 12.1 Å². The molecule has 0 radical (unpaired) electrons. The fourth-order valence-electron chi connectivity index (χ4n) is 10.1. The second-order valence-electron chi connectivity index (χ2n) is 19.7. The zero-order valence-corrected chi connectivity index (χ0v) is 42.8. The first-order valence-corrected chi connectivity index (χ1v) is 25.4. The molecule has 0 unspecified atom stereocenters. The minimum atomic E-state index is -1.71. The Morgan fingerprint density at radius 2 is 1.53 bits per heavy atom. The molecule has 2 aliphatic carbocycles. The summed E-state index contributed by atoms with van der Waals surface area (Å²) in [5.74, 6) is 6.67. The number of phenols is 1. The van der Waals surface area contributed by atoms with Crippen molar-refractivity contribution >= 4 is 64.6 Å². The van der Waals surface area contributed by atoms with Gasteiger partial charge in [0.1, 0.15) is 30.5 Å². The normalized spacial score (nSPS) is 21.5. The topological polar surface area (TPSA) is 338 Å². The Morgan fingerprint density at radius 3 is 2.22 bits per heavy atom. The van der Waals surface area contributed by atoms with Crippen LogP contribution in [-0.2, 0) is 52.2 Å². The molecule has 78 heavy (non-hydrogen) atoms. The van der Waals surface area contributed by atoms with Gasteiger partial charge in [-0.2, -0.15) is 0 Å². The summed E-state index contributed by atoms with van der Waals surface area (Å²) >= 11 is 0. The van der Waals surface area contributed by atoms with Crippen molar-refractivity contribution in [2.75, 3.05) is 23.7 Å². The number of ether oxygens (including phenoxy) is 2. The van der Waals surface area contributed by atoms with Gasteiger partial charge in [0.2, 0.25) is 17.7 Å². The van der Waals surface area contributed by atoms with E-state index in [0.717, 1.165) is 4.90 Å². The van der Waals surface area contributed by atoms with E-state index in [0.29, 0.717) is 36.1 Å². The number of aliphatic hydroxyl groups is 2. The number of nitrogens with two attached hydrogens (primary N) is 1. The van der Waals surface area contributed by atoms with Crippen molar-refractivity contribution in [3.05, 3.63) is 112 Å². The number of primary amides is 1. The number of urea groups is 1. The van der Waals surface area contributed by atoms with Crippen molar-refractivity contribution in [1.29, 1.82) is 0 Å². The molecule has 3 aromatic rings. The van der Waals surface area contributed by atoms with E-state index in [4.69, 9.17) is 15.2 Å². The number of nitrogens with zero attached hydrogens (tertiary/aromatic N) is 1. The number of amides is 8. The standard InChI is InChI=1S/C56H58N8O14/c1-30(2)47(63-42(68)15-9-6-10-25-64-43(69)22-23-44(64)70)52(74)61-38(12-11-24-58-53(57)75)51(73)60-34-19-16-32(17-20-34)29-77-54(76)59-28-33-18-21-35-36(26-33)50(72)45-39(66)27-37-48(46(45)49(35)71)62-40-13-7-4-5-8-14-41(67)56(37)55(40,78-56)31(3)65/h4-5,16-23,26-27,30-31,38,40-41,47,62,65-67H,6,9-12,15,24-25,28-29H2,1-3H3,(H,59,76)(H,60,73)(H,61,74)(H,63,68)(H3,57,58,75)/b5-4-/t31-,38+,40+,41-,47+,55+,56+/m1/s1. The monoisotopic (exact) mass is 1070 g/mol. The van der Waals surface area contributed by atoms with Crippen LogP contribution < -0.4 is 37.6 Å². The molecule has 5 aliphatic rings. The molecule has 3 heterocycles. The molecule has 8 rings (SSSR count). The number of aliphatic hydroxyl groups excluding tert-OH is 2. The van der Waals surface area contributed by atoms with E-state index >= 15 is 0 Å². The van der Waals surface area contributed by atoms with Gasteiger partial charge in [0.05, 0.1) is 22.9 Å². The van der Waals surface area contributed by atoms with E-state index in [1.54, 1.807) is 44.2 Å². The third-order valence-corrected chi connectivity index (χ3v) is 14.1. The molecular formula is C56H58N8O14. The maximum Gasteiger partial charge on any atom is 0.407 e. The van der Waals surface area contributed by atoms with Gasteiger partial charge in [-0.05, 0) is 92.1 Å². The van der Waals surface area contributed by atoms with Crippen LogP contribution in [0, 0.1) is 29.6 Å². The average Bonchev–Trinajstić information content (AvgIpc) is 3.58. The zero-order valence-electron chi connectivity index (χ0n) is 42.8. The number of phenolic OH excluding ortho intramolecular Hbond substituents is 1. The number of unbranched alkanes of at least 4 members (excludes halogenated alkanes) is 2. The quantitative estimate of drug-likeness (QED) is 0.0188. The van der Waals surface area contributed by atoms with E-state index in [2.05, 4.69) is 55.6 Å². The van der Waals surface area contributed by atoms with Crippen molar-refractivity contribution in [3.8, 4) is 29.4 Å². The summed E-state index contributed by atoms with van der Waals surface area (Å²) in [6.45, 7) is 5.01. The van der Waals surface area contributed by atoms with Crippen LogP contribution in [0.4, 0.5) is 21.0 Å². The molecule has 3 aliphatic heterocycles. The number of carbonyl (C=O) groups excluding carboxylic acids is 9. The van der Waals surface area contributed by atoms with Gasteiger partial charge in [-0.1, -0.05) is 62.1 Å². The number of alkyl carbamates (subject to hydrolysis) is 1. The Morgan fingerprint density at radius 1 is 0.833 bits per heavy atom. The van der Waals surface area contributed by atoms with Crippen LogP contribution in [0.2, 0.25) is 0 Å². The van der Waals surface area contributed by atoms with E-state index in [9.17, 15) is 58.5 Å². The minimum Gasteiger partial charge on any atom is -0.507 e. The Balaban J connectivity index is 0.846. The molecule has 8 amide bonds. The predicted octanol–water partition coefficient (Wildman–Crippen LogP) is 2.17. The third-order valence-electron chi connectivity index (χ3n) is 14.1. The van der Waals surface area contributed by atoms with E-state index in [1.807, 2.05) is 0 Å². The number of epoxide rings is 1. The fraction of sp³-hybridized carbons (Fsp3) is 0.375. The maximum absolute atomic E-state index is 14.3. The molecule has 0 aromatic heterocycles. The molecule has 3 aromatic carbocycles. The summed E-state index contributed by atoms with van der Waals surface area (Å²) in [5.41, 5.74) is 3.05. The zero-order chi connectivity index (χ0) is 56.1. The molecule has 0 saturated carbocycles. The molecular weight excluding hydrogens is 1010 g/mol. The Hall–Kier alpha value is -8.83. The lowest BCUT2D eigenvalue weighted by atomic mass is 9.69. The summed E-state index contributed by atoms with van der Waals surface area (Å²) in [6, 6.07) is 8.15. The Bertz CT molecular complexity index is 3170. The molecule has 22 nitrogen and oxygen atoms in total. The average molecular weight is 1070 g/mol. The molecule has 1 fully saturated rings. The molecule has 1 saturated heterocycles. The molecule has 22 heteroatoms. The van der Waals surface area contributed by atoms with Crippen molar-refractivity contribution in [3.63, 3.8) is 0 Å². The minimum absolute atomic E-state index is 0.0185. The number of hydrogen-bond acceptors (Lipinski definition) is 15. The third kappa shape index (κ3) is 11.2. The highest BCUT2D eigenvalue weighted by Crippen LogP contribution is 2.67. The molecule has 0 spiro atoms. The number of imide groups is 1. The van der Waals surface area contributed by atoms with Crippen LogP contribution in [0.25, 0.3) is 0 Å². The van der Waals surface area contributed by atoms with Crippen molar-refractivity contribution in [2.45, 2.75) is 114 Å². The highest BCUT2D eigenvalue weighted by Gasteiger charge is 2.82. The lowest BCUT2D eigenvalue weighted by Gasteiger charge is -2.37. The molecule has 2 bridgehead atoms. The van der Waals surface area contributed by atoms with Crippen LogP contribution in [0.1, 0.15) is 108 Å². The van der Waals surface area contributed by atoms with Gasteiger partial charge in [-0.25, -0.2) is 9.59 Å². The van der Waals surface area contributed by atoms with E-state index in [1.165, 1.54) is 49.4 Å². The number of carbonyl (C=O) groups is 9. The van der Waals surface area contributed by atoms with Crippen LogP contribution in [0.5, 0.6) is 5.75 Å². The van der Waals surface area contributed by atoms with Crippen molar-refractivity contribution in [1.82, 2.24) is 26.2 Å². The number of hydrogen-bond donors (Lipinski definition) is 10. The van der Waals surface area contributed by atoms with Gasteiger partial charge in [0, 0.05) is 60.6 Å². The Labute approximate surface area is 447 Å². The van der Waals surface area contributed by atoms with Crippen LogP contribution >= 0.6 is 0 Å². The second kappa shape index (κ2) is 23.2. The summed E-state index contributed by atoms with van der Waals surface area (Å²) in [7, 11) is 0. The maximum atomic E-state index is 14.3. The number of benzene rings is 3. The summed E-state index contributed by atoms with van der Waals surface area (Å²) in [4.78, 5) is 118. The van der Waals surface area contributed by atoms with Crippen LogP contribution in [0.15, 0.2) is 72.8 Å². The second-order valence-corrected chi connectivity index (χ2v) is 19.7. The van der Waals surface area contributed by atoms with Gasteiger partial charge < -0.3 is 62.4 Å². The summed E-state index contributed by atoms with van der Waals surface area (Å²) in [5, 5.41) is 50.4. The van der Waals surface area contributed by atoms with Crippen LogP contribution in [-0.4, -0.2) is 122 Å². The summed E-state index contributed by atoms with van der Waals surface area (Å²) < 4.78 is 11.6. The van der Waals surface area contributed by atoms with Crippen molar-refractivity contribution < 1.29 is 67.9 Å². The predicted molar refractivity (Wildman–Crippen MR) is 279 cm³/mol. The SMILES string of the molecule is CC(C)[C@H](NC(=O)CCCCCN1C(=O)C=CC1=O)C(=O)N[C@@H](CCCNC(N)=O)C(=O)Nc1ccc(COC(=O)NCc2ccc3c(c2)C(=O)c2c(O)cc4c(c2C3=O)N[C@H]2C#C/C=C\C#C[C@@H](O)[C@@]43O[C@@]23[C@@H](C)O)cc1. The number of ketones is 2. The number of nitrogens with one attached hydrogen (secondary N) is 6. The van der Waals surface area contributed by atoms with E-state index in [-0.39, 0.29) is 103 Å². The van der Waals surface area contributed by atoms with Crippen molar-refractivity contribution in [2.24, 2.45) is 11.7 Å². The van der Waals surface area contributed by atoms with Gasteiger partial charge in [0.25, 0.3) is 11.8 Å². The largest absolute Gasteiger partial charge is 0.507 e. The number of aromatic hydroxyl groups is 1. The highest BCUT2D eigenvalue weighted by molar-refractivity contribution is 6.31. The summed E-state index contributed by atoms with van der Waals surface area (Å²) in [6.07, 6.45) is 3.74. The Kier molecular flexibility index (Phi) is 16.5. The fourth-order valence-corrected chi connectivity index (χ4v) is 10.1. The lowest BCUT2D eigenvalue weighted by molar-refractivity contribution is -0.137. The first-order valence-electron chi connectivity index (χ1n) is 25.4. The molecule has 406 valence electrons. The first-order chi connectivity index (χ1) is 37.3.